The van der Waals surface area contributed by atoms with Crippen LogP contribution in [0.15, 0.2) is 29.2 Å². The Kier molecular flexibility index (Phi) is 5.24. The summed E-state index contributed by atoms with van der Waals surface area (Å²) in [7, 11) is -3.41. The maximum absolute atomic E-state index is 12.3. The minimum absolute atomic E-state index is 0.180. The van der Waals surface area contributed by atoms with Crippen LogP contribution in [0.25, 0.3) is 0 Å². The van der Waals surface area contributed by atoms with Crippen molar-refractivity contribution < 1.29 is 13.2 Å². The third kappa shape index (κ3) is 3.75. The van der Waals surface area contributed by atoms with Crippen LogP contribution < -0.4 is 5.32 Å². The van der Waals surface area contributed by atoms with Gasteiger partial charge in [0.15, 0.2) is 0 Å². The fraction of sp³-hybridized carbons (Fsp3) is 0.500. The van der Waals surface area contributed by atoms with E-state index in [2.05, 4.69) is 5.32 Å². The van der Waals surface area contributed by atoms with Crippen molar-refractivity contribution in [1.82, 2.24) is 4.31 Å². The molecule has 0 aromatic heterocycles. The zero-order chi connectivity index (χ0) is 15.5. The number of benzene rings is 1. The van der Waals surface area contributed by atoms with Crippen molar-refractivity contribution in [2.75, 3.05) is 24.3 Å². The van der Waals surface area contributed by atoms with Crippen molar-refractivity contribution in [2.24, 2.45) is 5.92 Å². The van der Waals surface area contributed by atoms with E-state index in [9.17, 15) is 13.2 Å². The summed E-state index contributed by atoms with van der Waals surface area (Å²) in [6.45, 7) is 2.89. The van der Waals surface area contributed by atoms with Gasteiger partial charge in [0.05, 0.1) is 4.90 Å². The lowest BCUT2D eigenvalue weighted by atomic mass is 10.2. The number of rotatable bonds is 5. The molecule has 1 N–H and O–H groups in total. The normalized spacial score (nSPS) is 17.6. The van der Waals surface area contributed by atoms with E-state index in [1.165, 1.54) is 16.4 Å². The highest BCUT2D eigenvalue weighted by atomic mass is 35.5. The lowest BCUT2D eigenvalue weighted by Crippen LogP contribution is -2.27. The van der Waals surface area contributed by atoms with Gasteiger partial charge in [-0.3, -0.25) is 4.79 Å². The minimum atomic E-state index is -3.41. The number of nitrogens with zero attached hydrogens (tertiary/aromatic N) is 1. The second-order valence-electron chi connectivity index (χ2n) is 5.18. The Morgan fingerprint density at radius 2 is 1.86 bits per heavy atom. The molecule has 7 heteroatoms. The summed E-state index contributed by atoms with van der Waals surface area (Å²) in [6, 6.07) is 6.24. The van der Waals surface area contributed by atoms with Crippen LogP contribution in [0.5, 0.6) is 0 Å². The van der Waals surface area contributed by atoms with Crippen LogP contribution in [0.1, 0.15) is 19.8 Å². The monoisotopic (exact) mass is 330 g/mol. The van der Waals surface area contributed by atoms with Crippen LogP contribution in [-0.4, -0.2) is 37.6 Å². The zero-order valence-corrected chi connectivity index (χ0v) is 13.5. The molecule has 1 fully saturated rings. The number of carbonyl (C=O) groups is 1. The molecule has 0 radical (unpaired) electrons. The maximum atomic E-state index is 12.3. The van der Waals surface area contributed by atoms with Crippen LogP contribution in [0.2, 0.25) is 0 Å². The predicted octanol–water partition coefficient (Wildman–Crippen LogP) is 2.28. The summed E-state index contributed by atoms with van der Waals surface area (Å²) in [5, 5.41) is 2.71. The van der Waals surface area contributed by atoms with Crippen LogP contribution in [0.3, 0.4) is 0 Å². The number of anilines is 1. The SMILES string of the molecule is CC(CCl)C(=O)Nc1ccc(S(=O)(=O)N2CCCC2)cc1. The van der Waals surface area contributed by atoms with Crippen molar-refractivity contribution in [1.29, 1.82) is 0 Å². The van der Waals surface area contributed by atoms with Gasteiger partial charge in [-0.05, 0) is 37.1 Å². The van der Waals surface area contributed by atoms with Gasteiger partial charge in [-0.25, -0.2) is 8.42 Å². The van der Waals surface area contributed by atoms with Crippen LogP contribution in [0, 0.1) is 5.92 Å². The number of carbonyl (C=O) groups excluding carboxylic acids is 1. The van der Waals surface area contributed by atoms with Gasteiger partial charge in [-0.1, -0.05) is 6.92 Å². The molecule has 1 saturated heterocycles. The lowest BCUT2D eigenvalue weighted by molar-refractivity contribution is -0.118. The average molecular weight is 331 g/mol. The fourth-order valence-corrected chi connectivity index (χ4v) is 3.78. The second-order valence-corrected chi connectivity index (χ2v) is 7.43. The molecular formula is C14H19ClN2O3S. The fourth-order valence-electron chi connectivity index (χ4n) is 2.12. The van der Waals surface area contributed by atoms with Gasteiger partial charge < -0.3 is 5.32 Å². The van der Waals surface area contributed by atoms with Gasteiger partial charge in [0.25, 0.3) is 0 Å². The summed E-state index contributed by atoms with van der Waals surface area (Å²) in [6.07, 6.45) is 1.81. The van der Waals surface area contributed by atoms with Crippen molar-refractivity contribution in [3.8, 4) is 0 Å². The van der Waals surface area contributed by atoms with Gasteiger partial charge in [0.2, 0.25) is 15.9 Å². The molecule has 1 atom stereocenters. The summed E-state index contributed by atoms with van der Waals surface area (Å²) in [4.78, 5) is 12.0. The molecule has 116 valence electrons. The van der Waals surface area contributed by atoms with Crippen LogP contribution in [0.4, 0.5) is 5.69 Å². The molecule has 1 aliphatic heterocycles. The molecule has 1 aromatic carbocycles. The zero-order valence-electron chi connectivity index (χ0n) is 11.9. The number of amides is 1. The molecule has 0 bridgehead atoms. The largest absolute Gasteiger partial charge is 0.326 e. The number of nitrogens with one attached hydrogen (secondary N) is 1. The van der Waals surface area contributed by atoms with Gasteiger partial charge in [0, 0.05) is 30.6 Å². The Hall–Kier alpha value is -1.11. The predicted molar refractivity (Wildman–Crippen MR) is 82.9 cm³/mol. The smallest absolute Gasteiger partial charge is 0.243 e. The van der Waals surface area contributed by atoms with Crippen molar-refractivity contribution in [3.63, 3.8) is 0 Å². The molecule has 1 unspecified atom stereocenters. The van der Waals surface area contributed by atoms with Crippen molar-refractivity contribution in [2.45, 2.75) is 24.7 Å². The van der Waals surface area contributed by atoms with Crippen LogP contribution in [-0.2, 0) is 14.8 Å². The van der Waals surface area contributed by atoms with Gasteiger partial charge >= 0.3 is 0 Å². The molecule has 2 rings (SSSR count). The Bertz CT molecular complexity index is 595. The highest BCUT2D eigenvalue weighted by molar-refractivity contribution is 7.89. The van der Waals surface area contributed by atoms with Gasteiger partial charge in [-0.15, -0.1) is 11.6 Å². The maximum Gasteiger partial charge on any atom is 0.243 e. The third-order valence-corrected chi connectivity index (χ3v) is 5.88. The van der Waals surface area contributed by atoms with E-state index in [0.29, 0.717) is 18.8 Å². The lowest BCUT2D eigenvalue weighted by Gasteiger charge is -2.16. The minimum Gasteiger partial charge on any atom is -0.326 e. The summed E-state index contributed by atoms with van der Waals surface area (Å²) in [5.74, 6) is -0.229. The van der Waals surface area contributed by atoms with E-state index in [4.69, 9.17) is 11.6 Å². The first-order valence-electron chi connectivity index (χ1n) is 6.92. The van der Waals surface area contributed by atoms with E-state index in [0.717, 1.165) is 12.8 Å². The van der Waals surface area contributed by atoms with E-state index >= 15 is 0 Å². The molecule has 1 aliphatic rings. The summed E-state index contributed by atoms with van der Waals surface area (Å²) in [5.41, 5.74) is 0.567. The Balaban J connectivity index is 2.10. The molecule has 0 saturated carbocycles. The molecule has 5 nitrogen and oxygen atoms in total. The van der Waals surface area contributed by atoms with E-state index < -0.39 is 10.0 Å². The second kappa shape index (κ2) is 6.77. The number of sulfonamides is 1. The van der Waals surface area contributed by atoms with E-state index in [1.54, 1.807) is 19.1 Å². The number of halogens is 1. The molecular weight excluding hydrogens is 312 g/mol. The Morgan fingerprint density at radius 3 is 2.38 bits per heavy atom. The summed E-state index contributed by atoms with van der Waals surface area (Å²) >= 11 is 5.63. The number of alkyl halides is 1. The molecule has 1 heterocycles. The quantitative estimate of drug-likeness (QED) is 0.842. The topological polar surface area (TPSA) is 66.5 Å². The Morgan fingerprint density at radius 1 is 1.29 bits per heavy atom. The first-order valence-corrected chi connectivity index (χ1v) is 8.89. The van der Waals surface area contributed by atoms with E-state index in [-0.39, 0.29) is 22.6 Å². The highest BCUT2D eigenvalue weighted by Crippen LogP contribution is 2.22. The van der Waals surface area contributed by atoms with Crippen molar-refractivity contribution >= 4 is 33.2 Å². The number of hydrogen-bond donors (Lipinski definition) is 1. The van der Waals surface area contributed by atoms with E-state index in [1.807, 2.05) is 0 Å². The summed E-state index contributed by atoms with van der Waals surface area (Å²) < 4.78 is 26.2. The van der Waals surface area contributed by atoms with Gasteiger partial charge in [0.1, 0.15) is 0 Å². The molecule has 21 heavy (non-hydrogen) atoms. The first-order chi connectivity index (χ1) is 9.95. The average Bonchev–Trinajstić information content (AvgIpc) is 3.02. The molecule has 1 amide bonds. The van der Waals surface area contributed by atoms with Gasteiger partial charge in [-0.2, -0.15) is 4.31 Å². The molecule has 1 aromatic rings. The molecule has 0 spiro atoms. The third-order valence-electron chi connectivity index (χ3n) is 3.50. The highest BCUT2D eigenvalue weighted by Gasteiger charge is 2.26. The number of hydrogen-bond acceptors (Lipinski definition) is 3. The molecule has 0 aliphatic carbocycles. The van der Waals surface area contributed by atoms with Crippen LogP contribution >= 0.6 is 11.6 Å². The van der Waals surface area contributed by atoms with Crippen molar-refractivity contribution in [3.05, 3.63) is 24.3 Å². The Labute approximate surface area is 130 Å². The standard InChI is InChI=1S/C14H19ClN2O3S/c1-11(10-15)14(18)16-12-4-6-13(7-5-12)21(19,20)17-8-2-3-9-17/h4-7,11H,2-3,8-10H2,1H3,(H,16,18). The first kappa shape index (κ1) is 16.3.